The first-order valence-electron chi connectivity index (χ1n) is 7.32. The molecule has 1 atom stereocenters. The molecule has 0 heterocycles. The first-order valence-corrected chi connectivity index (χ1v) is 7.32. The average molecular weight is 360 g/mol. The molecule has 1 unspecified atom stereocenters. The lowest BCUT2D eigenvalue weighted by atomic mass is 9.96. The molecular formula is C18H16O8. The van der Waals surface area contributed by atoms with Gasteiger partial charge in [0.1, 0.15) is 0 Å². The van der Waals surface area contributed by atoms with Gasteiger partial charge in [-0.25, -0.2) is 9.59 Å². The van der Waals surface area contributed by atoms with Crippen molar-refractivity contribution in [2.45, 2.75) is 12.5 Å². The quantitative estimate of drug-likeness (QED) is 0.239. The number of carbonyl (C=O) groups excluding carboxylic acids is 2. The molecule has 0 aliphatic carbocycles. The Morgan fingerprint density at radius 1 is 0.923 bits per heavy atom. The Balaban J connectivity index is 2.09. The maximum Gasteiger partial charge on any atom is 0.350 e. The van der Waals surface area contributed by atoms with Crippen LogP contribution in [0, 0.1) is 0 Å². The highest BCUT2D eigenvalue weighted by Crippen LogP contribution is 2.31. The predicted octanol–water partition coefficient (Wildman–Crippen LogP) is 1.50. The van der Waals surface area contributed by atoms with Crippen LogP contribution in [0.2, 0.25) is 0 Å². The normalized spacial score (nSPS) is 13.3. The van der Waals surface area contributed by atoms with Crippen molar-refractivity contribution in [3.8, 4) is 23.0 Å². The number of ether oxygens (including phenoxy) is 1. The molecule has 0 bridgehead atoms. The first-order chi connectivity index (χ1) is 12.1. The van der Waals surface area contributed by atoms with Crippen LogP contribution in [0.5, 0.6) is 23.0 Å². The predicted molar refractivity (Wildman–Crippen MR) is 89.2 cm³/mol. The Hall–Kier alpha value is -3.52. The van der Waals surface area contributed by atoms with Gasteiger partial charge in [0.05, 0.1) is 0 Å². The van der Waals surface area contributed by atoms with Crippen LogP contribution in [0.1, 0.15) is 18.1 Å². The van der Waals surface area contributed by atoms with E-state index in [2.05, 4.69) is 4.74 Å². The summed E-state index contributed by atoms with van der Waals surface area (Å²) in [6.45, 7) is 1.07. The van der Waals surface area contributed by atoms with E-state index in [0.29, 0.717) is 5.56 Å². The van der Waals surface area contributed by atoms with E-state index in [0.717, 1.165) is 25.1 Å². The topological polar surface area (TPSA) is 145 Å². The summed E-state index contributed by atoms with van der Waals surface area (Å²) in [6, 6.07) is 7.05. The van der Waals surface area contributed by atoms with Crippen molar-refractivity contribution in [2.75, 3.05) is 0 Å². The van der Waals surface area contributed by atoms with Crippen LogP contribution in [0.4, 0.5) is 0 Å². The molecule has 26 heavy (non-hydrogen) atoms. The zero-order chi connectivity index (χ0) is 19.5. The molecule has 2 aromatic rings. The molecule has 8 nitrogen and oxygen atoms in total. The molecule has 0 radical (unpaired) electrons. The zero-order valence-corrected chi connectivity index (χ0v) is 13.6. The van der Waals surface area contributed by atoms with Crippen LogP contribution >= 0.6 is 0 Å². The number of rotatable bonds is 4. The molecule has 0 amide bonds. The van der Waals surface area contributed by atoms with Gasteiger partial charge in [-0.3, -0.25) is 0 Å². The summed E-state index contributed by atoms with van der Waals surface area (Å²) in [6.07, 6.45) is 2.13. The summed E-state index contributed by atoms with van der Waals surface area (Å²) in [5.41, 5.74) is -1.97. The van der Waals surface area contributed by atoms with Crippen LogP contribution in [-0.2, 0) is 19.9 Å². The molecule has 0 fully saturated rings. The van der Waals surface area contributed by atoms with Gasteiger partial charge in [-0.05, 0) is 48.4 Å². The van der Waals surface area contributed by atoms with Crippen molar-refractivity contribution in [3.05, 3.63) is 53.6 Å². The second-order valence-electron chi connectivity index (χ2n) is 5.57. The van der Waals surface area contributed by atoms with E-state index in [1.807, 2.05) is 0 Å². The number of phenolic OH excluding ortho intramolecular Hbond substituents is 4. The van der Waals surface area contributed by atoms with E-state index in [-0.39, 0.29) is 17.1 Å². The maximum absolute atomic E-state index is 12.0. The van der Waals surface area contributed by atoms with Crippen LogP contribution in [-0.4, -0.2) is 37.5 Å². The number of carbonyl (C=O) groups is 2. The molecule has 0 aromatic heterocycles. The largest absolute Gasteiger partial charge is 0.504 e. The monoisotopic (exact) mass is 360 g/mol. The Bertz CT molecular complexity index is 883. The lowest BCUT2D eigenvalue weighted by Gasteiger charge is -2.21. The van der Waals surface area contributed by atoms with Crippen LogP contribution in [0.3, 0.4) is 0 Å². The van der Waals surface area contributed by atoms with Crippen molar-refractivity contribution in [3.63, 3.8) is 0 Å². The highest BCUT2D eigenvalue weighted by atomic mass is 16.6. The molecule has 136 valence electrons. The number of benzene rings is 2. The Kier molecular flexibility index (Phi) is 5.18. The van der Waals surface area contributed by atoms with Crippen LogP contribution < -0.4 is 0 Å². The van der Waals surface area contributed by atoms with Gasteiger partial charge >= 0.3 is 11.9 Å². The highest BCUT2D eigenvalue weighted by molar-refractivity contribution is 5.97. The lowest BCUT2D eigenvalue weighted by Crippen LogP contribution is -2.35. The molecule has 0 aliphatic heterocycles. The molecule has 0 spiro atoms. The average Bonchev–Trinajstić information content (AvgIpc) is 2.58. The SMILES string of the molecule is CC(O)(C(=O)OC(=O)C=Cc1ccc(O)c(O)c1)c1ccc(O)c(O)c1. The molecule has 0 saturated heterocycles. The van der Waals surface area contributed by atoms with Crippen molar-refractivity contribution >= 4 is 18.0 Å². The van der Waals surface area contributed by atoms with Gasteiger partial charge in [-0.1, -0.05) is 12.1 Å². The van der Waals surface area contributed by atoms with E-state index < -0.39 is 29.0 Å². The third-order valence-electron chi connectivity index (χ3n) is 3.54. The maximum atomic E-state index is 12.0. The van der Waals surface area contributed by atoms with Crippen LogP contribution in [0.15, 0.2) is 42.5 Å². The Morgan fingerprint density at radius 3 is 2.08 bits per heavy atom. The number of aromatic hydroxyl groups is 4. The van der Waals surface area contributed by atoms with E-state index in [4.69, 9.17) is 0 Å². The van der Waals surface area contributed by atoms with Gasteiger partial charge in [0.2, 0.25) is 0 Å². The molecular weight excluding hydrogens is 344 g/mol. The fraction of sp³-hybridized carbons (Fsp3) is 0.111. The highest BCUT2D eigenvalue weighted by Gasteiger charge is 2.36. The minimum Gasteiger partial charge on any atom is -0.504 e. The number of esters is 2. The Morgan fingerprint density at radius 2 is 1.50 bits per heavy atom. The molecule has 8 heteroatoms. The summed E-state index contributed by atoms with van der Waals surface area (Å²) < 4.78 is 4.54. The summed E-state index contributed by atoms with van der Waals surface area (Å²) in [7, 11) is 0. The molecule has 0 aliphatic rings. The molecule has 5 N–H and O–H groups in total. The lowest BCUT2D eigenvalue weighted by molar-refractivity contribution is -0.171. The van der Waals surface area contributed by atoms with E-state index >= 15 is 0 Å². The summed E-state index contributed by atoms with van der Waals surface area (Å²) in [5.74, 6) is -4.06. The van der Waals surface area contributed by atoms with Crippen molar-refractivity contribution in [2.24, 2.45) is 0 Å². The molecule has 2 rings (SSSR count). The summed E-state index contributed by atoms with van der Waals surface area (Å²) in [5, 5.41) is 47.5. The fourth-order valence-corrected chi connectivity index (χ4v) is 1.98. The third-order valence-corrected chi connectivity index (χ3v) is 3.54. The van der Waals surface area contributed by atoms with E-state index in [9.17, 15) is 35.1 Å². The van der Waals surface area contributed by atoms with Gasteiger partial charge in [0.15, 0.2) is 28.6 Å². The minimum atomic E-state index is -2.24. The third kappa shape index (κ3) is 4.11. The smallest absolute Gasteiger partial charge is 0.350 e. The molecule has 2 aromatic carbocycles. The second-order valence-corrected chi connectivity index (χ2v) is 5.57. The van der Waals surface area contributed by atoms with Gasteiger partial charge in [-0.2, -0.15) is 0 Å². The van der Waals surface area contributed by atoms with Crippen LogP contribution in [0.25, 0.3) is 6.08 Å². The van der Waals surface area contributed by atoms with Crippen molar-refractivity contribution in [1.29, 1.82) is 0 Å². The number of hydrogen-bond donors (Lipinski definition) is 5. The van der Waals surface area contributed by atoms with Gasteiger partial charge < -0.3 is 30.3 Å². The number of hydrogen-bond acceptors (Lipinski definition) is 8. The standard InChI is InChI=1S/C18H16O8/c1-18(25,11-4-6-13(20)15(22)9-11)17(24)26-16(23)7-3-10-2-5-12(19)14(21)8-10/h2-9,19-22,25H,1H3. The minimum absolute atomic E-state index is 0.0852. The number of aliphatic hydroxyl groups is 1. The summed E-state index contributed by atoms with van der Waals surface area (Å²) in [4.78, 5) is 23.8. The van der Waals surface area contributed by atoms with Gasteiger partial charge in [0, 0.05) is 6.08 Å². The van der Waals surface area contributed by atoms with Gasteiger partial charge in [-0.15, -0.1) is 0 Å². The fourth-order valence-electron chi connectivity index (χ4n) is 1.98. The van der Waals surface area contributed by atoms with E-state index in [1.165, 1.54) is 30.3 Å². The summed E-state index contributed by atoms with van der Waals surface area (Å²) >= 11 is 0. The van der Waals surface area contributed by atoms with Gasteiger partial charge in [0.25, 0.3) is 0 Å². The Labute approximate surface area is 147 Å². The van der Waals surface area contributed by atoms with Crippen molar-refractivity contribution < 1.29 is 39.9 Å². The number of phenols is 4. The molecule has 0 saturated carbocycles. The van der Waals surface area contributed by atoms with E-state index in [1.54, 1.807) is 0 Å². The van der Waals surface area contributed by atoms with Crippen molar-refractivity contribution in [1.82, 2.24) is 0 Å². The first kappa shape index (κ1) is 18.8. The second kappa shape index (κ2) is 7.16. The zero-order valence-electron chi connectivity index (χ0n) is 13.6.